The third kappa shape index (κ3) is 4.69. The molecule has 0 saturated carbocycles. The number of hydrogen-bond acceptors (Lipinski definition) is 5. The Morgan fingerprint density at radius 2 is 2.21 bits per heavy atom. The first-order valence-corrected chi connectivity index (χ1v) is 8.28. The average Bonchev–Trinajstić information content (AvgIpc) is 2.93. The highest BCUT2D eigenvalue weighted by molar-refractivity contribution is 7.99. The van der Waals surface area contributed by atoms with Gasteiger partial charge >= 0.3 is 0 Å². The van der Waals surface area contributed by atoms with E-state index in [0.717, 1.165) is 5.56 Å². The highest BCUT2D eigenvalue weighted by Crippen LogP contribution is 2.16. The van der Waals surface area contributed by atoms with Gasteiger partial charge in [-0.25, -0.2) is 0 Å². The number of benzene rings is 1. The van der Waals surface area contributed by atoms with Gasteiger partial charge in [0.25, 0.3) is 5.91 Å². The molecule has 0 atom stereocenters. The van der Waals surface area contributed by atoms with Crippen LogP contribution >= 0.6 is 11.8 Å². The molecule has 1 aromatic heterocycles. The summed E-state index contributed by atoms with van der Waals surface area (Å²) in [6.07, 6.45) is 1.70. The summed E-state index contributed by atoms with van der Waals surface area (Å²) in [6.45, 7) is 6.33. The summed E-state index contributed by atoms with van der Waals surface area (Å²) in [7, 11) is 0. The number of aromatic nitrogens is 3. The van der Waals surface area contributed by atoms with Crippen molar-refractivity contribution in [3.63, 3.8) is 0 Å². The first-order valence-electron chi connectivity index (χ1n) is 7.30. The fourth-order valence-electron chi connectivity index (χ4n) is 2.05. The van der Waals surface area contributed by atoms with Crippen molar-refractivity contribution >= 4 is 23.6 Å². The van der Waals surface area contributed by atoms with Crippen molar-refractivity contribution in [1.82, 2.24) is 20.1 Å². The summed E-state index contributed by atoms with van der Waals surface area (Å²) in [5.74, 6) is 0.0915. The van der Waals surface area contributed by atoms with E-state index in [2.05, 4.69) is 22.1 Å². The lowest BCUT2D eigenvalue weighted by molar-refractivity contribution is -0.115. The van der Waals surface area contributed by atoms with Crippen LogP contribution < -0.4 is 11.1 Å². The van der Waals surface area contributed by atoms with Crippen molar-refractivity contribution < 1.29 is 9.59 Å². The maximum absolute atomic E-state index is 12.2. The lowest BCUT2D eigenvalue weighted by Crippen LogP contribution is -2.25. The minimum Gasteiger partial charge on any atom is -0.369 e. The van der Waals surface area contributed by atoms with E-state index in [-0.39, 0.29) is 18.2 Å². The van der Waals surface area contributed by atoms with Gasteiger partial charge in [0.05, 0.1) is 12.3 Å². The number of rotatable bonds is 8. The number of thioether (sulfide) groups is 1. The van der Waals surface area contributed by atoms with Crippen LogP contribution in [0, 0.1) is 6.92 Å². The number of allylic oxidation sites excluding steroid dienone is 1. The molecule has 0 aliphatic rings. The molecule has 0 radical (unpaired) electrons. The van der Waals surface area contributed by atoms with E-state index in [1.54, 1.807) is 16.7 Å². The molecule has 0 spiro atoms. The first-order chi connectivity index (χ1) is 11.5. The number of nitrogens with two attached hydrogens (primary N) is 1. The van der Waals surface area contributed by atoms with Crippen LogP contribution in [0.1, 0.15) is 21.7 Å². The Morgan fingerprint density at radius 1 is 1.42 bits per heavy atom. The van der Waals surface area contributed by atoms with E-state index in [0.29, 0.717) is 23.1 Å². The SMILES string of the molecule is C=CCn1c(CNC(=O)c2cccc(C)c2)nnc1SCC(N)=O. The normalized spacial score (nSPS) is 10.4. The number of nitrogens with zero attached hydrogens (tertiary/aromatic N) is 3. The average molecular weight is 345 g/mol. The molecular weight excluding hydrogens is 326 g/mol. The second kappa shape index (κ2) is 8.30. The van der Waals surface area contributed by atoms with Gasteiger partial charge in [0.1, 0.15) is 0 Å². The van der Waals surface area contributed by atoms with Crippen molar-refractivity contribution in [3.05, 3.63) is 53.9 Å². The van der Waals surface area contributed by atoms with Crippen LogP contribution in [0.4, 0.5) is 0 Å². The van der Waals surface area contributed by atoms with Gasteiger partial charge in [0.15, 0.2) is 11.0 Å². The number of carbonyl (C=O) groups is 2. The molecule has 1 aromatic carbocycles. The monoisotopic (exact) mass is 345 g/mol. The Labute approximate surface area is 144 Å². The molecule has 0 saturated heterocycles. The summed E-state index contributed by atoms with van der Waals surface area (Å²) in [4.78, 5) is 23.1. The van der Waals surface area contributed by atoms with Crippen molar-refractivity contribution in [2.24, 2.45) is 5.73 Å². The van der Waals surface area contributed by atoms with E-state index in [1.807, 2.05) is 25.1 Å². The molecule has 126 valence electrons. The van der Waals surface area contributed by atoms with Crippen molar-refractivity contribution in [2.45, 2.75) is 25.2 Å². The maximum atomic E-state index is 12.2. The van der Waals surface area contributed by atoms with Gasteiger partial charge in [0.2, 0.25) is 5.91 Å². The van der Waals surface area contributed by atoms with Gasteiger partial charge in [-0.15, -0.1) is 16.8 Å². The lowest BCUT2D eigenvalue weighted by Gasteiger charge is -2.08. The van der Waals surface area contributed by atoms with Gasteiger partial charge in [-0.05, 0) is 19.1 Å². The van der Waals surface area contributed by atoms with E-state index in [1.165, 1.54) is 11.8 Å². The number of carbonyl (C=O) groups excluding carboxylic acids is 2. The molecule has 24 heavy (non-hydrogen) atoms. The predicted octanol–water partition coefficient (Wildman–Crippen LogP) is 1.28. The van der Waals surface area contributed by atoms with Gasteiger partial charge < -0.3 is 15.6 Å². The molecule has 0 aliphatic carbocycles. The summed E-state index contributed by atoms with van der Waals surface area (Å²) < 4.78 is 1.79. The third-order valence-corrected chi connectivity index (χ3v) is 4.13. The number of amides is 2. The Bertz CT molecular complexity index is 757. The fraction of sp³-hybridized carbons (Fsp3) is 0.250. The minimum absolute atomic E-state index is 0.116. The third-order valence-electron chi connectivity index (χ3n) is 3.14. The van der Waals surface area contributed by atoms with Crippen LogP contribution in [-0.2, 0) is 17.9 Å². The smallest absolute Gasteiger partial charge is 0.251 e. The van der Waals surface area contributed by atoms with Crippen LogP contribution in [0.15, 0.2) is 42.1 Å². The molecule has 0 bridgehead atoms. The second-order valence-electron chi connectivity index (χ2n) is 5.11. The number of primary amides is 1. The highest BCUT2D eigenvalue weighted by Gasteiger charge is 2.14. The Kier molecular flexibility index (Phi) is 6.14. The molecule has 0 aliphatic heterocycles. The topological polar surface area (TPSA) is 103 Å². The zero-order chi connectivity index (χ0) is 17.5. The van der Waals surface area contributed by atoms with E-state index in [4.69, 9.17) is 5.73 Å². The van der Waals surface area contributed by atoms with Crippen LogP contribution in [0.5, 0.6) is 0 Å². The molecule has 7 nitrogen and oxygen atoms in total. The molecule has 0 unspecified atom stereocenters. The number of aryl methyl sites for hydroxylation is 1. The van der Waals surface area contributed by atoms with Crippen LogP contribution in [0.3, 0.4) is 0 Å². The van der Waals surface area contributed by atoms with E-state index in [9.17, 15) is 9.59 Å². The Morgan fingerprint density at radius 3 is 2.88 bits per heavy atom. The zero-order valence-electron chi connectivity index (χ0n) is 13.4. The molecule has 2 aromatic rings. The predicted molar refractivity (Wildman–Crippen MR) is 92.5 cm³/mol. The van der Waals surface area contributed by atoms with Crippen LogP contribution in [-0.4, -0.2) is 32.3 Å². The molecular formula is C16H19N5O2S. The molecule has 3 N–H and O–H groups in total. The standard InChI is InChI=1S/C16H19N5O2S/c1-3-7-21-14(19-20-16(21)24-10-13(17)22)9-18-15(23)12-6-4-5-11(2)8-12/h3-6,8H,1,7,9-10H2,2H3,(H2,17,22)(H,18,23). The molecule has 1 heterocycles. The van der Waals surface area contributed by atoms with Gasteiger partial charge in [-0.2, -0.15) is 0 Å². The molecule has 0 fully saturated rings. The summed E-state index contributed by atoms with van der Waals surface area (Å²) >= 11 is 1.20. The van der Waals surface area contributed by atoms with E-state index < -0.39 is 5.91 Å². The molecule has 2 rings (SSSR count). The highest BCUT2D eigenvalue weighted by atomic mass is 32.2. The van der Waals surface area contributed by atoms with Crippen molar-refractivity contribution in [2.75, 3.05) is 5.75 Å². The van der Waals surface area contributed by atoms with Crippen LogP contribution in [0.2, 0.25) is 0 Å². The molecule has 2 amide bonds. The minimum atomic E-state index is -0.428. The van der Waals surface area contributed by atoms with Crippen molar-refractivity contribution in [3.8, 4) is 0 Å². The van der Waals surface area contributed by atoms with Gasteiger partial charge in [-0.3, -0.25) is 9.59 Å². The lowest BCUT2D eigenvalue weighted by atomic mass is 10.1. The quantitative estimate of drug-likeness (QED) is 0.554. The van der Waals surface area contributed by atoms with Gasteiger partial charge in [0, 0.05) is 12.1 Å². The van der Waals surface area contributed by atoms with E-state index >= 15 is 0 Å². The Hall–Kier alpha value is -2.61. The summed E-state index contributed by atoms with van der Waals surface area (Å²) in [5.41, 5.74) is 6.76. The summed E-state index contributed by atoms with van der Waals surface area (Å²) in [6, 6.07) is 7.34. The second-order valence-corrected chi connectivity index (χ2v) is 6.05. The number of hydrogen-bond donors (Lipinski definition) is 2. The largest absolute Gasteiger partial charge is 0.369 e. The van der Waals surface area contributed by atoms with Crippen molar-refractivity contribution in [1.29, 1.82) is 0 Å². The fourth-order valence-corrected chi connectivity index (χ4v) is 2.76. The zero-order valence-corrected chi connectivity index (χ0v) is 14.2. The molecule has 8 heteroatoms. The summed E-state index contributed by atoms with van der Waals surface area (Å²) in [5, 5.41) is 11.5. The van der Waals surface area contributed by atoms with Crippen LogP contribution in [0.25, 0.3) is 0 Å². The van der Waals surface area contributed by atoms with Gasteiger partial charge in [-0.1, -0.05) is 35.5 Å². The number of nitrogens with one attached hydrogen (secondary N) is 1. The Balaban J connectivity index is 2.07. The first kappa shape index (κ1) is 17.7. The maximum Gasteiger partial charge on any atom is 0.251 e.